The van der Waals surface area contributed by atoms with E-state index in [9.17, 15) is 4.79 Å². The van der Waals surface area contributed by atoms with Gasteiger partial charge in [0.2, 0.25) is 5.91 Å². The molecule has 0 radical (unpaired) electrons. The molecule has 0 atom stereocenters. The van der Waals surface area contributed by atoms with Gasteiger partial charge in [0, 0.05) is 57.7 Å². The van der Waals surface area contributed by atoms with Crippen molar-refractivity contribution < 1.29 is 9.53 Å². The van der Waals surface area contributed by atoms with Gasteiger partial charge in [-0.05, 0) is 31.4 Å². The van der Waals surface area contributed by atoms with Gasteiger partial charge in [-0.3, -0.25) is 14.4 Å². The number of carbonyl (C=O) groups excluding carboxylic acids is 1. The summed E-state index contributed by atoms with van der Waals surface area (Å²) in [5, 5.41) is 4.78. The van der Waals surface area contributed by atoms with Crippen molar-refractivity contribution in [1.29, 1.82) is 0 Å². The average molecular weight is 383 g/mol. The first-order valence-electron chi connectivity index (χ1n) is 10.4. The van der Waals surface area contributed by atoms with Gasteiger partial charge in [0.05, 0.1) is 18.5 Å². The van der Waals surface area contributed by atoms with Crippen LogP contribution in [0.25, 0.3) is 0 Å². The van der Waals surface area contributed by atoms with Crippen molar-refractivity contribution in [2.75, 3.05) is 26.7 Å². The van der Waals surface area contributed by atoms with Gasteiger partial charge in [0.1, 0.15) is 5.75 Å². The van der Waals surface area contributed by atoms with Crippen molar-refractivity contribution in [1.82, 2.24) is 19.6 Å². The average Bonchev–Trinajstić information content (AvgIpc) is 3.34. The summed E-state index contributed by atoms with van der Waals surface area (Å²) in [6, 6.07) is 10.4. The summed E-state index contributed by atoms with van der Waals surface area (Å²) < 4.78 is 7.64. The zero-order valence-corrected chi connectivity index (χ0v) is 16.8. The molecule has 28 heavy (non-hydrogen) atoms. The molecule has 0 spiro atoms. The summed E-state index contributed by atoms with van der Waals surface area (Å²) in [7, 11) is 1.73. The first-order valence-corrected chi connectivity index (χ1v) is 10.4. The third kappa shape index (κ3) is 4.38. The maximum absolute atomic E-state index is 12.3. The van der Waals surface area contributed by atoms with Crippen LogP contribution < -0.4 is 4.74 Å². The molecule has 1 fully saturated rings. The van der Waals surface area contributed by atoms with E-state index in [1.807, 2.05) is 17.0 Å². The minimum atomic E-state index is 0.276. The summed E-state index contributed by atoms with van der Waals surface area (Å²) in [4.78, 5) is 16.8. The fraction of sp³-hybridized carbons (Fsp3) is 0.545. The van der Waals surface area contributed by atoms with E-state index in [1.54, 1.807) is 7.11 Å². The second-order valence-corrected chi connectivity index (χ2v) is 7.81. The number of carbonyl (C=O) groups is 1. The second-order valence-electron chi connectivity index (χ2n) is 7.81. The largest absolute Gasteiger partial charge is 0.496 e. The third-order valence-electron chi connectivity index (χ3n) is 5.78. The number of likely N-dealkylation sites (tertiary alicyclic amines) is 1. The molecular weight excluding hydrogens is 352 g/mol. The molecule has 0 saturated carbocycles. The molecule has 0 bridgehead atoms. The number of methoxy groups -OCH3 is 1. The molecule has 2 aliphatic rings. The molecule has 1 aromatic heterocycles. The minimum Gasteiger partial charge on any atom is -0.496 e. The predicted molar refractivity (Wildman–Crippen MR) is 108 cm³/mol. The number of nitrogens with zero attached hydrogens (tertiary/aromatic N) is 4. The summed E-state index contributed by atoms with van der Waals surface area (Å²) in [5.74, 6) is 1.22. The quantitative estimate of drug-likeness (QED) is 0.771. The number of aryl methyl sites for hydroxylation is 2. The lowest BCUT2D eigenvalue weighted by Gasteiger charge is -2.20. The Balaban J connectivity index is 1.38. The Hall–Kier alpha value is -2.34. The molecule has 1 amide bonds. The van der Waals surface area contributed by atoms with Crippen LogP contribution in [0, 0.1) is 0 Å². The van der Waals surface area contributed by atoms with Gasteiger partial charge in [0.25, 0.3) is 0 Å². The normalized spacial score (nSPS) is 17.4. The fourth-order valence-corrected chi connectivity index (χ4v) is 4.28. The van der Waals surface area contributed by atoms with Crippen molar-refractivity contribution in [2.45, 2.75) is 51.7 Å². The lowest BCUT2D eigenvalue weighted by Crippen LogP contribution is -2.27. The zero-order chi connectivity index (χ0) is 19.3. The standard InChI is InChI=1S/C22H30N4O2/c1-28-21-8-3-2-7-18(21)16-24-11-6-14-26-20(17-24)15-19(23-26)9-10-22(27)25-12-4-5-13-25/h2-3,7-8,15H,4-6,9-14,16-17H2,1H3. The van der Waals surface area contributed by atoms with Crippen molar-refractivity contribution in [2.24, 2.45) is 0 Å². The van der Waals surface area contributed by atoms with E-state index in [1.165, 1.54) is 11.3 Å². The van der Waals surface area contributed by atoms with E-state index in [0.717, 1.165) is 76.4 Å². The Morgan fingerprint density at radius 3 is 2.75 bits per heavy atom. The second kappa shape index (κ2) is 8.78. The van der Waals surface area contributed by atoms with Crippen LogP contribution in [0.1, 0.15) is 42.6 Å². The number of benzene rings is 1. The Bertz CT molecular complexity index is 811. The van der Waals surface area contributed by atoms with Crippen LogP contribution in [0.3, 0.4) is 0 Å². The summed E-state index contributed by atoms with van der Waals surface area (Å²) in [6.45, 7) is 5.60. The minimum absolute atomic E-state index is 0.276. The number of rotatable bonds is 6. The van der Waals surface area contributed by atoms with Gasteiger partial charge in [-0.15, -0.1) is 0 Å². The van der Waals surface area contributed by atoms with E-state index in [4.69, 9.17) is 9.84 Å². The van der Waals surface area contributed by atoms with Crippen LogP contribution in [-0.2, 0) is 30.8 Å². The number of aromatic nitrogens is 2. The number of ether oxygens (including phenoxy) is 1. The third-order valence-corrected chi connectivity index (χ3v) is 5.78. The molecule has 2 aliphatic heterocycles. The number of hydrogen-bond donors (Lipinski definition) is 0. The summed E-state index contributed by atoms with van der Waals surface area (Å²) in [5.41, 5.74) is 3.51. The van der Waals surface area contributed by atoms with E-state index in [0.29, 0.717) is 6.42 Å². The molecule has 150 valence electrons. The molecule has 6 nitrogen and oxygen atoms in total. The van der Waals surface area contributed by atoms with Gasteiger partial charge in [-0.1, -0.05) is 18.2 Å². The van der Waals surface area contributed by atoms with Gasteiger partial charge in [0.15, 0.2) is 0 Å². The number of fused-ring (bicyclic) bond motifs is 1. The first kappa shape index (κ1) is 19.0. The molecule has 1 saturated heterocycles. The van der Waals surface area contributed by atoms with Gasteiger partial charge < -0.3 is 9.64 Å². The predicted octanol–water partition coefficient (Wildman–Crippen LogP) is 2.85. The molecule has 0 unspecified atom stereocenters. The Morgan fingerprint density at radius 1 is 1.11 bits per heavy atom. The van der Waals surface area contributed by atoms with Crippen LogP contribution in [0.2, 0.25) is 0 Å². The highest BCUT2D eigenvalue weighted by molar-refractivity contribution is 5.76. The maximum Gasteiger partial charge on any atom is 0.222 e. The first-order chi connectivity index (χ1) is 13.7. The zero-order valence-electron chi connectivity index (χ0n) is 16.8. The molecule has 6 heteroatoms. The highest BCUT2D eigenvalue weighted by atomic mass is 16.5. The van der Waals surface area contributed by atoms with Crippen molar-refractivity contribution in [3.8, 4) is 5.75 Å². The van der Waals surface area contributed by atoms with Crippen molar-refractivity contribution >= 4 is 5.91 Å². The van der Waals surface area contributed by atoms with E-state index >= 15 is 0 Å². The summed E-state index contributed by atoms with van der Waals surface area (Å²) >= 11 is 0. The van der Waals surface area contributed by atoms with E-state index in [-0.39, 0.29) is 5.91 Å². The molecule has 4 rings (SSSR count). The van der Waals surface area contributed by atoms with Crippen LogP contribution >= 0.6 is 0 Å². The van der Waals surface area contributed by atoms with E-state index < -0.39 is 0 Å². The SMILES string of the molecule is COc1ccccc1CN1CCCn2nc(CCC(=O)N3CCCC3)cc2C1. The lowest BCUT2D eigenvalue weighted by molar-refractivity contribution is -0.130. The number of para-hydroxylation sites is 1. The van der Waals surface area contributed by atoms with Crippen molar-refractivity contribution in [3.05, 3.63) is 47.3 Å². The highest BCUT2D eigenvalue weighted by Gasteiger charge is 2.20. The van der Waals surface area contributed by atoms with Gasteiger partial charge >= 0.3 is 0 Å². The fourth-order valence-electron chi connectivity index (χ4n) is 4.28. The van der Waals surface area contributed by atoms with Crippen LogP contribution in [0.4, 0.5) is 0 Å². The van der Waals surface area contributed by atoms with Crippen LogP contribution in [-0.4, -0.2) is 52.2 Å². The van der Waals surface area contributed by atoms with Crippen LogP contribution in [0.15, 0.2) is 30.3 Å². The number of amides is 1. The Morgan fingerprint density at radius 2 is 1.93 bits per heavy atom. The highest BCUT2D eigenvalue weighted by Crippen LogP contribution is 2.22. The van der Waals surface area contributed by atoms with Gasteiger partial charge in [-0.2, -0.15) is 5.10 Å². The molecule has 0 N–H and O–H groups in total. The lowest BCUT2D eigenvalue weighted by atomic mass is 10.1. The Labute approximate surface area is 167 Å². The van der Waals surface area contributed by atoms with Crippen molar-refractivity contribution in [3.63, 3.8) is 0 Å². The Kier molecular flexibility index (Phi) is 5.95. The number of hydrogen-bond acceptors (Lipinski definition) is 4. The van der Waals surface area contributed by atoms with E-state index in [2.05, 4.69) is 27.8 Å². The topological polar surface area (TPSA) is 50.6 Å². The molecule has 3 heterocycles. The molecular formula is C22H30N4O2. The molecule has 1 aromatic carbocycles. The maximum atomic E-state index is 12.3. The molecule has 0 aliphatic carbocycles. The molecule has 2 aromatic rings. The van der Waals surface area contributed by atoms with Crippen LogP contribution in [0.5, 0.6) is 5.75 Å². The smallest absolute Gasteiger partial charge is 0.222 e. The van der Waals surface area contributed by atoms with Gasteiger partial charge in [-0.25, -0.2) is 0 Å². The summed E-state index contributed by atoms with van der Waals surface area (Å²) in [6.07, 6.45) is 4.68. The monoisotopic (exact) mass is 382 g/mol.